The van der Waals surface area contributed by atoms with E-state index < -0.39 is 11.9 Å². The molecule has 1 unspecified atom stereocenters. The number of aryl methyl sites for hydroxylation is 1. The highest BCUT2D eigenvalue weighted by atomic mass is 16.5. The summed E-state index contributed by atoms with van der Waals surface area (Å²) in [5.74, 6) is 0.199. The van der Waals surface area contributed by atoms with Crippen molar-refractivity contribution in [3.63, 3.8) is 0 Å². The van der Waals surface area contributed by atoms with Crippen LogP contribution in [0.2, 0.25) is 0 Å². The SMILES string of the molecule is Cc1cc(COc2cccc3c2CN(C2CCC(=O)NC2=O)C3=O)on1. The Balaban J connectivity index is 1.54. The predicted molar refractivity (Wildman–Crippen MR) is 88.1 cm³/mol. The number of hydrogen-bond acceptors (Lipinski definition) is 6. The van der Waals surface area contributed by atoms with E-state index in [9.17, 15) is 14.4 Å². The van der Waals surface area contributed by atoms with Crippen molar-refractivity contribution < 1.29 is 23.6 Å². The third-order valence-corrected chi connectivity index (χ3v) is 4.59. The van der Waals surface area contributed by atoms with Gasteiger partial charge in [-0.2, -0.15) is 0 Å². The van der Waals surface area contributed by atoms with E-state index in [1.807, 2.05) is 6.92 Å². The number of fused-ring (bicyclic) bond motifs is 1. The summed E-state index contributed by atoms with van der Waals surface area (Å²) in [6, 6.07) is 6.38. The number of benzene rings is 1. The first-order valence-corrected chi connectivity index (χ1v) is 8.34. The van der Waals surface area contributed by atoms with Crippen molar-refractivity contribution >= 4 is 17.7 Å². The summed E-state index contributed by atoms with van der Waals surface area (Å²) in [6.07, 6.45) is 0.558. The third kappa shape index (κ3) is 2.83. The Kier molecular flexibility index (Phi) is 3.95. The second kappa shape index (κ2) is 6.29. The molecule has 3 heterocycles. The molecule has 0 spiro atoms. The van der Waals surface area contributed by atoms with Crippen LogP contribution in [-0.2, 0) is 22.7 Å². The molecule has 1 aromatic carbocycles. The Bertz CT molecular complexity index is 904. The molecule has 1 atom stereocenters. The minimum Gasteiger partial charge on any atom is -0.485 e. The molecule has 0 bridgehead atoms. The van der Waals surface area contributed by atoms with Crippen LogP contribution in [0, 0.1) is 6.92 Å². The molecular formula is C18H17N3O5. The maximum Gasteiger partial charge on any atom is 0.255 e. The van der Waals surface area contributed by atoms with Crippen molar-refractivity contribution in [2.45, 2.75) is 39.0 Å². The summed E-state index contributed by atoms with van der Waals surface area (Å²) in [6.45, 7) is 2.29. The van der Waals surface area contributed by atoms with Crippen molar-refractivity contribution in [2.24, 2.45) is 0 Å². The summed E-state index contributed by atoms with van der Waals surface area (Å²) in [7, 11) is 0. The number of nitrogens with one attached hydrogen (secondary N) is 1. The van der Waals surface area contributed by atoms with Crippen LogP contribution in [0.3, 0.4) is 0 Å². The summed E-state index contributed by atoms with van der Waals surface area (Å²) < 4.78 is 10.9. The molecule has 8 heteroatoms. The summed E-state index contributed by atoms with van der Waals surface area (Å²) >= 11 is 0. The normalized spacial score (nSPS) is 19.5. The average molecular weight is 355 g/mol. The first-order chi connectivity index (χ1) is 12.5. The lowest BCUT2D eigenvalue weighted by atomic mass is 10.0. The zero-order valence-corrected chi connectivity index (χ0v) is 14.2. The zero-order chi connectivity index (χ0) is 18.3. The molecule has 8 nitrogen and oxygen atoms in total. The number of hydrogen-bond donors (Lipinski definition) is 1. The molecule has 26 heavy (non-hydrogen) atoms. The van der Waals surface area contributed by atoms with Crippen LogP contribution in [0.25, 0.3) is 0 Å². The lowest BCUT2D eigenvalue weighted by Crippen LogP contribution is -2.52. The Hall–Kier alpha value is -3.16. The maximum atomic E-state index is 12.7. The lowest BCUT2D eigenvalue weighted by molar-refractivity contribution is -0.136. The molecule has 2 aliphatic rings. The van der Waals surface area contributed by atoms with Gasteiger partial charge in [0.15, 0.2) is 5.76 Å². The van der Waals surface area contributed by atoms with E-state index >= 15 is 0 Å². The van der Waals surface area contributed by atoms with Gasteiger partial charge in [0.25, 0.3) is 5.91 Å². The Morgan fingerprint density at radius 3 is 2.92 bits per heavy atom. The molecule has 2 aromatic rings. The zero-order valence-electron chi connectivity index (χ0n) is 14.2. The van der Waals surface area contributed by atoms with Crippen molar-refractivity contribution in [3.8, 4) is 5.75 Å². The van der Waals surface area contributed by atoms with Crippen LogP contribution in [-0.4, -0.2) is 33.8 Å². The summed E-state index contributed by atoms with van der Waals surface area (Å²) in [5, 5.41) is 6.11. The van der Waals surface area contributed by atoms with E-state index in [1.165, 1.54) is 4.90 Å². The van der Waals surface area contributed by atoms with Crippen LogP contribution >= 0.6 is 0 Å². The maximum absolute atomic E-state index is 12.7. The number of rotatable bonds is 4. The van der Waals surface area contributed by atoms with Crippen LogP contribution in [0.15, 0.2) is 28.8 Å². The second-order valence-corrected chi connectivity index (χ2v) is 6.41. The Morgan fingerprint density at radius 2 is 2.19 bits per heavy atom. The molecule has 1 aromatic heterocycles. The first-order valence-electron chi connectivity index (χ1n) is 8.34. The number of aromatic nitrogens is 1. The fourth-order valence-corrected chi connectivity index (χ4v) is 3.33. The largest absolute Gasteiger partial charge is 0.485 e. The van der Waals surface area contributed by atoms with Gasteiger partial charge >= 0.3 is 0 Å². The summed E-state index contributed by atoms with van der Waals surface area (Å²) in [4.78, 5) is 37.7. The number of piperidine rings is 1. The molecule has 134 valence electrons. The van der Waals surface area contributed by atoms with Crippen LogP contribution < -0.4 is 10.1 Å². The van der Waals surface area contributed by atoms with Crippen LogP contribution in [0.5, 0.6) is 5.75 Å². The molecule has 0 aliphatic carbocycles. The predicted octanol–water partition coefficient (Wildman–Crippen LogP) is 1.32. The van der Waals surface area contributed by atoms with E-state index in [4.69, 9.17) is 9.26 Å². The molecule has 1 saturated heterocycles. The quantitative estimate of drug-likeness (QED) is 0.830. The van der Waals surface area contributed by atoms with E-state index in [0.29, 0.717) is 23.5 Å². The average Bonchev–Trinajstić information content (AvgIpc) is 3.17. The molecule has 2 aliphatic heterocycles. The number of amides is 3. The topological polar surface area (TPSA) is 102 Å². The van der Waals surface area contributed by atoms with Gasteiger partial charge in [-0.3, -0.25) is 19.7 Å². The first kappa shape index (κ1) is 16.3. The molecule has 1 fully saturated rings. The number of imide groups is 1. The van der Waals surface area contributed by atoms with E-state index in [1.54, 1.807) is 24.3 Å². The van der Waals surface area contributed by atoms with Gasteiger partial charge in [-0.1, -0.05) is 11.2 Å². The highest BCUT2D eigenvalue weighted by Gasteiger charge is 2.40. The summed E-state index contributed by atoms with van der Waals surface area (Å²) in [5.41, 5.74) is 2.01. The number of nitrogens with zero attached hydrogens (tertiary/aromatic N) is 2. The lowest BCUT2D eigenvalue weighted by Gasteiger charge is -2.29. The van der Waals surface area contributed by atoms with Gasteiger partial charge in [-0.05, 0) is 25.5 Å². The standard InChI is InChI=1S/C18H17N3O5/c1-10-7-11(26-20-10)9-25-15-4-2-3-12-13(15)8-21(18(12)24)14-5-6-16(22)19-17(14)23/h2-4,7,14H,5-6,8-9H2,1H3,(H,19,22,23). The number of ether oxygens (including phenoxy) is 1. The molecule has 0 radical (unpaired) electrons. The van der Waals surface area contributed by atoms with Crippen molar-refractivity contribution in [2.75, 3.05) is 0 Å². The van der Waals surface area contributed by atoms with Crippen molar-refractivity contribution in [1.29, 1.82) is 0 Å². The minimum absolute atomic E-state index is 0.198. The van der Waals surface area contributed by atoms with Gasteiger partial charge in [-0.15, -0.1) is 0 Å². The smallest absolute Gasteiger partial charge is 0.255 e. The van der Waals surface area contributed by atoms with Crippen LogP contribution in [0.1, 0.15) is 40.2 Å². The van der Waals surface area contributed by atoms with Gasteiger partial charge in [0.05, 0.1) is 12.2 Å². The fraction of sp³-hybridized carbons (Fsp3) is 0.333. The van der Waals surface area contributed by atoms with Crippen molar-refractivity contribution in [1.82, 2.24) is 15.4 Å². The van der Waals surface area contributed by atoms with Gasteiger partial charge < -0.3 is 14.2 Å². The van der Waals surface area contributed by atoms with Gasteiger partial charge in [0.1, 0.15) is 18.4 Å². The highest BCUT2D eigenvalue weighted by Crippen LogP contribution is 2.33. The molecule has 4 rings (SSSR count). The molecule has 3 amide bonds. The number of carbonyl (C=O) groups is 3. The van der Waals surface area contributed by atoms with Crippen LogP contribution in [0.4, 0.5) is 0 Å². The monoisotopic (exact) mass is 355 g/mol. The Morgan fingerprint density at radius 1 is 1.35 bits per heavy atom. The molecule has 1 N–H and O–H groups in total. The minimum atomic E-state index is -0.641. The van der Waals surface area contributed by atoms with Gasteiger partial charge in [-0.25, -0.2) is 0 Å². The Labute approximate surface area is 149 Å². The number of carbonyl (C=O) groups excluding carboxylic acids is 3. The van der Waals surface area contributed by atoms with Gasteiger partial charge in [0.2, 0.25) is 11.8 Å². The molecular weight excluding hydrogens is 338 g/mol. The third-order valence-electron chi connectivity index (χ3n) is 4.59. The molecule has 0 saturated carbocycles. The van der Waals surface area contributed by atoms with E-state index in [-0.39, 0.29) is 31.4 Å². The van der Waals surface area contributed by atoms with E-state index in [2.05, 4.69) is 10.5 Å². The van der Waals surface area contributed by atoms with E-state index in [0.717, 1.165) is 11.3 Å². The fourth-order valence-electron chi connectivity index (χ4n) is 3.33. The second-order valence-electron chi connectivity index (χ2n) is 6.41. The highest BCUT2D eigenvalue weighted by molar-refractivity contribution is 6.05. The van der Waals surface area contributed by atoms with Gasteiger partial charge in [0, 0.05) is 23.6 Å². The van der Waals surface area contributed by atoms with Crippen molar-refractivity contribution in [3.05, 3.63) is 46.8 Å².